The van der Waals surface area contributed by atoms with Gasteiger partial charge in [0.2, 0.25) is 0 Å². The van der Waals surface area contributed by atoms with Crippen molar-refractivity contribution in [2.75, 3.05) is 18.5 Å². The Balaban J connectivity index is 1.85. The first kappa shape index (κ1) is 14.5. The van der Waals surface area contributed by atoms with Crippen LogP contribution < -0.4 is 14.8 Å². The first-order valence-electron chi connectivity index (χ1n) is 6.29. The average Bonchev–Trinajstić information content (AvgIpc) is 2.76. The van der Waals surface area contributed by atoms with Gasteiger partial charge < -0.3 is 14.8 Å². The monoisotopic (exact) mass is 343 g/mol. The second-order valence-corrected chi connectivity index (χ2v) is 6.51. The largest absolute Gasteiger partial charge is 0.490 e. The molecule has 1 N–H and O–H groups in total. The molecule has 4 nitrogen and oxygen atoms in total. The number of ether oxygens (including phenoxy) is 2. The lowest BCUT2D eigenvalue weighted by Crippen LogP contribution is -2.10. The third-order valence-corrected chi connectivity index (χ3v) is 4.43. The molecule has 0 unspecified atom stereocenters. The summed E-state index contributed by atoms with van der Waals surface area (Å²) in [6.45, 7) is 1.16. The van der Waals surface area contributed by atoms with Gasteiger partial charge in [-0.05, 0) is 12.1 Å². The van der Waals surface area contributed by atoms with Gasteiger partial charge >= 0.3 is 0 Å². The van der Waals surface area contributed by atoms with Crippen molar-refractivity contribution in [1.82, 2.24) is 0 Å². The molecule has 0 saturated heterocycles. The summed E-state index contributed by atoms with van der Waals surface area (Å²) in [6.07, 6.45) is 0.807. The molecule has 110 valence electrons. The van der Waals surface area contributed by atoms with Crippen LogP contribution in [-0.2, 0) is 0 Å². The number of rotatable bonds is 2. The van der Waals surface area contributed by atoms with Gasteiger partial charge in [-0.3, -0.25) is 4.79 Å². The molecule has 2 heterocycles. The molecule has 2 aromatic rings. The van der Waals surface area contributed by atoms with Gasteiger partial charge in [0.15, 0.2) is 11.5 Å². The fourth-order valence-corrected chi connectivity index (χ4v) is 3.04. The Bertz CT molecular complexity index is 687. The average molecular weight is 344 g/mol. The second kappa shape index (κ2) is 6.13. The summed E-state index contributed by atoms with van der Waals surface area (Å²) in [4.78, 5) is 12.6. The number of anilines is 1. The van der Waals surface area contributed by atoms with Gasteiger partial charge in [-0.25, -0.2) is 0 Å². The highest BCUT2D eigenvalue weighted by Gasteiger charge is 2.16. The molecule has 1 aromatic carbocycles. The zero-order chi connectivity index (χ0) is 14.8. The van der Waals surface area contributed by atoms with E-state index in [0.29, 0.717) is 44.6 Å². The maximum Gasteiger partial charge on any atom is 0.265 e. The maximum absolute atomic E-state index is 12.1. The predicted octanol–water partition coefficient (Wildman–Crippen LogP) is 4.47. The molecule has 0 fully saturated rings. The number of carbonyl (C=O) groups is 1. The van der Waals surface area contributed by atoms with Crippen molar-refractivity contribution in [1.29, 1.82) is 0 Å². The Labute approximate surface area is 135 Å². The van der Waals surface area contributed by atoms with E-state index >= 15 is 0 Å². The van der Waals surface area contributed by atoms with Crippen LogP contribution in [0.15, 0.2) is 24.3 Å². The molecular weight excluding hydrogens is 333 g/mol. The first-order valence-corrected chi connectivity index (χ1v) is 7.86. The normalized spacial score (nSPS) is 13.6. The lowest BCUT2D eigenvalue weighted by molar-refractivity contribution is 0.103. The summed E-state index contributed by atoms with van der Waals surface area (Å²) >= 11 is 13.2. The molecule has 1 aromatic heterocycles. The van der Waals surface area contributed by atoms with Crippen LogP contribution >= 0.6 is 34.5 Å². The number of amides is 1. The van der Waals surface area contributed by atoms with Gasteiger partial charge in [0, 0.05) is 18.6 Å². The van der Waals surface area contributed by atoms with Crippen LogP contribution in [0.1, 0.15) is 16.1 Å². The molecule has 0 bridgehead atoms. The molecular formula is C14H11Cl2NO3S. The second-order valence-electron chi connectivity index (χ2n) is 4.39. The van der Waals surface area contributed by atoms with Crippen molar-refractivity contribution in [3.63, 3.8) is 0 Å². The van der Waals surface area contributed by atoms with E-state index in [1.165, 1.54) is 11.3 Å². The Hall–Kier alpha value is -1.43. The standard InChI is InChI=1S/C14H11Cl2NO3S/c15-8-6-10-11(20-5-1-4-19-10)7-9(8)17-14(18)12-2-3-13(16)21-12/h2-3,6-7H,1,4-5H2,(H,17,18). The molecule has 0 saturated carbocycles. The minimum Gasteiger partial charge on any atom is -0.490 e. The fraction of sp³-hybridized carbons (Fsp3) is 0.214. The fourth-order valence-electron chi connectivity index (χ4n) is 1.90. The number of carbonyl (C=O) groups excluding carboxylic acids is 1. The molecule has 1 amide bonds. The number of benzene rings is 1. The molecule has 3 rings (SSSR count). The number of hydrogen-bond acceptors (Lipinski definition) is 4. The summed E-state index contributed by atoms with van der Waals surface area (Å²) < 4.78 is 11.7. The highest BCUT2D eigenvalue weighted by Crippen LogP contribution is 2.38. The smallest absolute Gasteiger partial charge is 0.265 e. The Morgan fingerprint density at radius 3 is 2.52 bits per heavy atom. The van der Waals surface area contributed by atoms with E-state index in [4.69, 9.17) is 32.7 Å². The van der Waals surface area contributed by atoms with Crippen LogP contribution in [0, 0.1) is 0 Å². The van der Waals surface area contributed by atoms with Crippen LogP contribution in [0.25, 0.3) is 0 Å². The molecule has 0 aliphatic carbocycles. The molecule has 0 atom stereocenters. The summed E-state index contributed by atoms with van der Waals surface area (Å²) in [5.41, 5.74) is 0.482. The van der Waals surface area contributed by atoms with Gasteiger partial charge in [-0.1, -0.05) is 23.2 Å². The van der Waals surface area contributed by atoms with Crippen molar-refractivity contribution >= 4 is 46.1 Å². The van der Waals surface area contributed by atoms with Gasteiger partial charge in [-0.2, -0.15) is 0 Å². The third-order valence-electron chi connectivity index (χ3n) is 2.88. The predicted molar refractivity (Wildman–Crippen MR) is 84.3 cm³/mol. The lowest BCUT2D eigenvalue weighted by Gasteiger charge is -2.12. The Morgan fingerprint density at radius 2 is 1.86 bits per heavy atom. The van der Waals surface area contributed by atoms with Crippen molar-refractivity contribution in [3.8, 4) is 11.5 Å². The molecule has 0 spiro atoms. The van der Waals surface area contributed by atoms with Crippen LogP contribution in [0.4, 0.5) is 5.69 Å². The van der Waals surface area contributed by atoms with E-state index in [2.05, 4.69) is 5.32 Å². The van der Waals surface area contributed by atoms with E-state index in [1.807, 2.05) is 0 Å². The van der Waals surface area contributed by atoms with E-state index in [9.17, 15) is 4.79 Å². The zero-order valence-electron chi connectivity index (χ0n) is 10.8. The number of fused-ring (bicyclic) bond motifs is 1. The minimum atomic E-state index is -0.261. The molecule has 0 radical (unpaired) electrons. The topological polar surface area (TPSA) is 47.6 Å². The summed E-state index contributed by atoms with van der Waals surface area (Å²) in [5, 5.41) is 3.15. The molecule has 1 aliphatic rings. The number of halogens is 2. The van der Waals surface area contributed by atoms with Gasteiger partial charge in [0.1, 0.15) is 0 Å². The minimum absolute atomic E-state index is 0.261. The van der Waals surface area contributed by atoms with Gasteiger partial charge in [0.05, 0.1) is 33.1 Å². The summed E-state index contributed by atoms with van der Waals surface area (Å²) in [5.74, 6) is 0.911. The van der Waals surface area contributed by atoms with Crippen molar-refractivity contribution < 1.29 is 14.3 Å². The van der Waals surface area contributed by atoms with Crippen LogP contribution in [0.2, 0.25) is 9.36 Å². The van der Waals surface area contributed by atoms with E-state index in [1.54, 1.807) is 24.3 Å². The van der Waals surface area contributed by atoms with Crippen molar-refractivity contribution in [3.05, 3.63) is 38.5 Å². The van der Waals surface area contributed by atoms with Crippen molar-refractivity contribution in [2.24, 2.45) is 0 Å². The molecule has 7 heteroatoms. The van der Waals surface area contributed by atoms with Crippen LogP contribution in [-0.4, -0.2) is 19.1 Å². The lowest BCUT2D eigenvalue weighted by atomic mass is 10.2. The number of hydrogen-bond donors (Lipinski definition) is 1. The van der Waals surface area contributed by atoms with Crippen LogP contribution in [0.3, 0.4) is 0 Å². The number of nitrogens with one attached hydrogen (secondary N) is 1. The molecule has 21 heavy (non-hydrogen) atoms. The molecule has 1 aliphatic heterocycles. The Morgan fingerprint density at radius 1 is 1.14 bits per heavy atom. The van der Waals surface area contributed by atoms with Gasteiger partial charge in [0.25, 0.3) is 5.91 Å². The zero-order valence-corrected chi connectivity index (χ0v) is 13.1. The third kappa shape index (κ3) is 3.26. The SMILES string of the molecule is O=C(Nc1cc2c(cc1Cl)OCCCO2)c1ccc(Cl)s1. The van der Waals surface area contributed by atoms with Gasteiger partial charge in [-0.15, -0.1) is 11.3 Å². The number of thiophene rings is 1. The summed E-state index contributed by atoms with van der Waals surface area (Å²) in [7, 11) is 0. The Kier molecular flexibility index (Phi) is 4.24. The maximum atomic E-state index is 12.1. The van der Waals surface area contributed by atoms with Crippen molar-refractivity contribution in [2.45, 2.75) is 6.42 Å². The highest BCUT2D eigenvalue weighted by molar-refractivity contribution is 7.18. The van der Waals surface area contributed by atoms with Crippen LogP contribution in [0.5, 0.6) is 11.5 Å². The quantitative estimate of drug-likeness (QED) is 0.874. The summed E-state index contributed by atoms with van der Waals surface area (Å²) in [6, 6.07) is 6.67. The van der Waals surface area contributed by atoms with E-state index in [-0.39, 0.29) is 5.91 Å². The van der Waals surface area contributed by atoms with E-state index < -0.39 is 0 Å². The van der Waals surface area contributed by atoms with E-state index in [0.717, 1.165) is 6.42 Å². The highest BCUT2D eigenvalue weighted by atomic mass is 35.5. The first-order chi connectivity index (χ1) is 10.1.